The van der Waals surface area contributed by atoms with Gasteiger partial charge in [-0.15, -0.1) is 0 Å². The Hall–Kier alpha value is -2.08. The van der Waals surface area contributed by atoms with Crippen LogP contribution in [0.15, 0.2) is 41.3 Å². The molecule has 0 aliphatic heterocycles. The standard InChI is InChI=1S/C15H15FN2O2S/c16-14-9-12(17)5-7-15(14)21(19,20)18-13-6-4-10-2-1-3-11(10)8-13/h4-9,18H,1-3,17H2. The minimum atomic E-state index is -3.96. The number of benzene rings is 2. The number of hydrogen-bond acceptors (Lipinski definition) is 3. The van der Waals surface area contributed by atoms with Gasteiger partial charge in [0.15, 0.2) is 0 Å². The average molecular weight is 306 g/mol. The Bertz CT molecular complexity index is 803. The summed E-state index contributed by atoms with van der Waals surface area (Å²) in [7, 11) is -3.96. The summed E-state index contributed by atoms with van der Waals surface area (Å²) in [5.74, 6) is -0.858. The van der Waals surface area contributed by atoms with Crippen LogP contribution in [0.25, 0.3) is 0 Å². The maximum atomic E-state index is 13.8. The number of anilines is 2. The molecule has 0 heterocycles. The van der Waals surface area contributed by atoms with Crippen LogP contribution >= 0.6 is 0 Å². The topological polar surface area (TPSA) is 72.2 Å². The molecule has 4 nitrogen and oxygen atoms in total. The number of hydrogen-bond donors (Lipinski definition) is 2. The second-order valence-corrected chi connectivity index (χ2v) is 6.78. The van der Waals surface area contributed by atoms with Gasteiger partial charge in [-0.3, -0.25) is 4.72 Å². The van der Waals surface area contributed by atoms with E-state index in [1.54, 1.807) is 6.07 Å². The Labute approximate surface area is 122 Å². The molecule has 0 fully saturated rings. The van der Waals surface area contributed by atoms with E-state index in [0.29, 0.717) is 5.69 Å². The monoisotopic (exact) mass is 306 g/mol. The molecule has 0 saturated carbocycles. The number of halogens is 1. The summed E-state index contributed by atoms with van der Waals surface area (Å²) in [6, 6.07) is 8.96. The third kappa shape index (κ3) is 2.71. The summed E-state index contributed by atoms with van der Waals surface area (Å²) in [4.78, 5) is -0.405. The highest BCUT2D eigenvalue weighted by molar-refractivity contribution is 7.92. The number of nitrogens with two attached hydrogens (primary N) is 1. The largest absolute Gasteiger partial charge is 0.399 e. The number of aryl methyl sites for hydroxylation is 2. The van der Waals surface area contributed by atoms with E-state index < -0.39 is 20.7 Å². The van der Waals surface area contributed by atoms with Crippen molar-refractivity contribution < 1.29 is 12.8 Å². The third-order valence-electron chi connectivity index (χ3n) is 3.60. The second-order valence-electron chi connectivity index (χ2n) is 5.13. The summed E-state index contributed by atoms with van der Waals surface area (Å²) in [5.41, 5.74) is 8.46. The molecule has 0 saturated heterocycles. The van der Waals surface area contributed by atoms with Crippen LogP contribution in [0, 0.1) is 5.82 Å². The molecule has 2 aromatic carbocycles. The summed E-state index contributed by atoms with van der Waals surface area (Å²) < 4.78 is 40.7. The highest BCUT2D eigenvalue weighted by Crippen LogP contribution is 2.27. The maximum Gasteiger partial charge on any atom is 0.264 e. The fraction of sp³-hybridized carbons (Fsp3) is 0.200. The van der Waals surface area contributed by atoms with Crippen LogP contribution < -0.4 is 10.5 Å². The molecule has 3 rings (SSSR count). The third-order valence-corrected chi connectivity index (χ3v) is 5.01. The van der Waals surface area contributed by atoms with E-state index in [4.69, 9.17) is 5.73 Å². The van der Waals surface area contributed by atoms with Gasteiger partial charge in [0.1, 0.15) is 10.7 Å². The predicted octanol–water partition coefficient (Wildman–Crippen LogP) is 2.70. The quantitative estimate of drug-likeness (QED) is 0.856. The van der Waals surface area contributed by atoms with Gasteiger partial charge < -0.3 is 5.73 Å². The van der Waals surface area contributed by atoms with E-state index in [-0.39, 0.29) is 5.69 Å². The van der Waals surface area contributed by atoms with Crippen LogP contribution in [0.5, 0.6) is 0 Å². The van der Waals surface area contributed by atoms with Gasteiger partial charge in [-0.2, -0.15) is 0 Å². The fourth-order valence-corrected chi connectivity index (χ4v) is 3.69. The summed E-state index contributed by atoms with van der Waals surface area (Å²) >= 11 is 0. The van der Waals surface area contributed by atoms with Gasteiger partial charge in [0.25, 0.3) is 10.0 Å². The van der Waals surface area contributed by atoms with Gasteiger partial charge in [-0.05, 0) is 60.7 Å². The zero-order valence-electron chi connectivity index (χ0n) is 11.3. The first-order valence-electron chi connectivity index (χ1n) is 6.65. The number of rotatable bonds is 3. The van der Waals surface area contributed by atoms with E-state index in [1.165, 1.54) is 17.7 Å². The summed E-state index contributed by atoms with van der Waals surface area (Å²) in [6.45, 7) is 0. The Kier molecular flexibility index (Phi) is 3.33. The molecule has 0 radical (unpaired) electrons. The van der Waals surface area contributed by atoms with Crippen molar-refractivity contribution in [3.63, 3.8) is 0 Å². The van der Waals surface area contributed by atoms with Crippen molar-refractivity contribution in [2.45, 2.75) is 24.2 Å². The van der Waals surface area contributed by atoms with E-state index in [9.17, 15) is 12.8 Å². The van der Waals surface area contributed by atoms with Crippen LogP contribution in [0.2, 0.25) is 0 Å². The lowest BCUT2D eigenvalue weighted by molar-refractivity contribution is 0.571. The van der Waals surface area contributed by atoms with Gasteiger partial charge in [-0.1, -0.05) is 6.07 Å². The van der Waals surface area contributed by atoms with Crippen LogP contribution in [0.3, 0.4) is 0 Å². The normalized spacial score (nSPS) is 14.0. The smallest absolute Gasteiger partial charge is 0.264 e. The van der Waals surface area contributed by atoms with Crippen LogP contribution in [-0.4, -0.2) is 8.42 Å². The van der Waals surface area contributed by atoms with Crippen LogP contribution in [-0.2, 0) is 22.9 Å². The highest BCUT2D eigenvalue weighted by Gasteiger charge is 2.20. The molecule has 0 bridgehead atoms. The molecule has 0 spiro atoms. The molecular weight excluding hydrogens is 291 g/mol. The molecule has 3 N–H and O–H groups in total. The summed E-state index contributed by atoms with van der Waals surface area (Å²) in [5, 5.41) is 0. The molecule has 110 valence electrons. The van der Waals surface area contributed by atoms with Crippen molar-refractivity contribution >= 4 is 21.4 Å². The SMILES string of the molecule is Nc1ccc(S(=O)(=O)Nc2ccc3c(c2)CCC3)c(F)c1. The Morgan fingerprint density at radius 2 is 1.81 bits per heavy atom. The number of nitrogens with one attached hydrogen (secondary N) is 1. The predicted molar refractivity (Wildman–Crippen MR) is 80.1 cm³/mol. The first kappa shape index (κ1) is 13.9. The lowest BCUT2D eigenvalue weighted by Crippen LogP contribution is -2.15. The minimum Gasteiger partial charge on any atom is -0.399 e. The van der Waals surface area contributed by atoms with Crippen molar-refractivity contribution in [2.24, 2.45) is 0 Å². The molecule has 0 aromatic heterocycles. The zero-order chi connectivity index (χ0) is 15.0. The number of sulfonamides is 1. The van der Waals surface area contributed by atoms with Crippen molar-refractivity contribution in [3.05, 3.63) is 53.3 Å². The first-order valence-corrected chi connectivity index (χ1v) is 8.14. The van der Waals surface area contributed by atoms with E-state index in [2.05, 4.69) is 4.72 Å². The van der Waals surface area contributed by atoms with E-state index in [1.807, 2.05) is 12.1 Å². The highest BCUT2D eigenvalue weighted by atomic mass is 32.2. The lowest BCUT2D eigenvalue weighted by atomic mass is 10.1. The van der Waals surface area contributed by atoms with Gasteiger partial charge in [-0.25, -0.2) is 12.8 Å². The fourth-order valence-electron chi connectivity index (χ4n) is 2.58. The van der Waals surface area contributed by atoms with Crippen molar-refractivity contribution in [2.75, 3.05) is 10.5 Å². The van der Waals surface area contributed by atoms with Crippen molar-refractivity contribution in [1.29, 1.82) is 0 Å². The molecule has 21 heavy (non-hydrogen) atoms. The first-order chi connectivity index (χ1) is 9.95. The summed E-state index contributed by atoms with van der Waals surface area (Å²) in [6.07, 6.45) is 3.05. The molecule has 6 heteroatoms. The maximum absolute atomic E-state index is 13.8. The molecule has 1 aliphatic carbocycles. The van der Waals surface area contributed by atoms with Crippen LogP contribution in [0.1, 0.15) is 17.5 Å². The van der Waals surface area contributed by atoms with Crippen molar-refractivity contribution in [3.8, 4) is 0 Å². The minimum absolute atomic E-state index is 0.184. The van der Waals surface area contributed by atoms with E-state index in [0.717, 1.165) is 30.9 Å². The van der Waals surface area contributed by atoms with Gasteiger partial charge in [0.05, 0.1) is 0 Å². The molecule has 1 aliphatic rings. The Morgan fingerprint density at radius 1 is 1.05 bits per heavy atom. The van der Waals surface area contributed by atoms with Gasteiger partial charge >= 0.3 is 0 Å². The molecular formula is C15H15FN2O2S. The van der Waals surface area contributed by atoms with Gasteiger partial charge in [0, 0.05) is 11.4 Å². The zero-order valence-corrected chi connectivity index (χ0v) is 12.1. The lowest BCUT2D eigenvalue weighted by Gasteiger charge is -2.10. The molecule has 0 atom stereocenters. The molecule has 2 aromatic rings. The van der Waals surface area contributed by atoms with Gasteiger partial charge in [0.2, 0.25) is 0 Å². The average Bonchev–Trinajstić information content (AvgIpc) is 2.85. The number of nitrogen functional groups attached to an aromatic ring is 1. The van der Waals surface area contributed by atoms with Crippen LogP contribution in [0.4, 0.5) is 15.8 Å². The molecule has 0 amide bonds. The van der Waals surface area contributed by atoms with Crippen molar-refractivity contribution in [1.82, 2.24) is 0 Å². The second kappa shape index (κ2) is 5.04. The number of fused-ring (bicyclic) bond motifs is 1. The molecule has 0 unspecified atom stereocenters. The van der Waals surface area contributed by atoms with E-state index >= 15 is 0 Å². The Morgan fingerprint density at radius 3 is 2.57 bits per heavy atom. The Balaban J connectivity index is 1.92.